The Hall–Kier alpha value is -2.17. The van der Waals surface area contributed by atoms with Crippen molar-refractivity contribution in [2.24, 2.45) is 0 Å². The minimum absolute atomic E-state index is 0.124. The SMILES string of the molecule is O=C(Cc1ccc(-c2ccc(Cl)cc2)s1)Nc1ccc(F)cc1. The first kappa shape index (κ1) is 15.7. The number of thiophene rings is 1. The molecule has 0 atom stereocenters. The Morgan fingerprint density at radius 2 is 1.70 bits per heavy atom. The number of amides is 1. The molecule has 3 aromatic rings. The number of carbonyl (C=O) groups excluding carboxylic acids is 1. The molecule has 0 radical (unpaired) electrons. The van der Waals surface area contributed by atoms with E-state index in [1.165, 1.54) is 12.1 Å². The fraction of sp³-hybridized carbons (Fsp3) is 0.0556. The molecule has 0 unspecified atom stereocenters. The summed E-state index contributed by atoms with van der Waals surface area (Å²) in [6.45, 7) is 0. The molecule has 1 heterocycles. The summed E-state index contributed by atoms with van der Waals surface area (Å²) in [4.78, 5) is 14.1. The first-order valence-corrected chi connectivity index (χ1v) is 8.20. The molecular formula is C18H13ClFNOS. The zero-order valence-electron chi connectivity index (χ0n) is 12.1. The number of carbonyl (C=O) groups is 1. The van der Waals surface area contributed by atoms with Crippen LogP contribution in [0.2, 0.25) is 5.02 Å². The van der Waals surface area contributed by atoms with E-state index >= 15 is 0 Å². The molecule has 0 fully saturated rings. The average molecular weight is 346 g/mol. The van der Waals surface area contributed by atoms with Gasteiger partial charge in [-0.3, -0.25) is 4.79 Å². The van der Waals surface area contributed by atoms with E-state index in [2.05, 4.69) is 5.32 Å². The summed E-state index contributed by atoms with van der Waals surface area (Å²) in [7, 11) is 0. The van der Waals surface area contributed by atoms with Crippen LogP contribution >= 0.6 is 22.9 Å². The van der Waals surface area contributed by atoms with Crippen molar-refractivity contribution in [2.75, 3.05) is 5.32 Å². The average Bonchev–Trinajstić information content (AvgIpc) is 2.98. The van der Waals surface area contributed by atoms with Crippen molar-refractivity contribution in [2.45, 2.75) is 6.42 Å². The molecule has 23 heavy (non-hydrogen) atoms. The van der Waals surface area contributed by atoms with Gasteiger partial charge in [0.15, 0.2) is 0 Å². The number of hydrogen-bond acceptors (Lipinski definition) is 2. The van der Waals surface area contributed by atoms with Crippen LogP contribution in [0.5, 0.6) is 0 Å². The van der Waals surface area contributed by atoms with Gasteiger partial charge in [0.25, 0.3) is 0 Å². The minimum atomic E-state index is -0.325. The van der Waals surface area contributed by atoms with Gasteiger partial charge in [-0.1, -0.05) is 23.7 Å². The Bertz CT molecular complexity index is 812. The van der Waals surface area contributed by atoms with E-state index in [1.807, 2.05) is 36.4 Å². The van der Waals surface area contributed by atoms with Crippen molar-refractivity contribution in [1.29, 1.82) is 0 Å². The summed E-state index contributed by atoms with van der Waals surface area (Å²) in [5, 5.41) is 3.46. The first-order valence-electron chi connectivity index (χ1n) is 7.00. The van der Waals surface area contributed by atoms with Crippen LogP contribution in [0, 0.1) is 5.82 Å². The van der Waals surface area contributed by atoms with Crippen LogP contribution in [0.1, 0.15) is 4.88 Å². The third-order valence-corrected chi connectivity index (χ3v) is 4.64. The Balaban J connectivity index is 1.65. The maximum Gasteiger partial charge on any atom is 0.229 e. The van der Waals surface area contributed by atoms with Gasteiger partial charge in [0.2, 0.25) is 5.91 Å². The third-order valence-electron chi connectivity index (χ3n) is 3.25. The quantitative estimate of drug-likeness (QED) is 0.675. The van der Waals surface area contributed by atoms with Gasteiger partial charge in [0, 0.05) is 20.5 Å². The standard InChI is InChI=1S/C18H13ClFNOS/c19-13-3-1-12(2-4-13)17-10-9-16(23-17)11-18(22)21-15-7-5-14(20)6-8-15/h1-10H,11H2,(H,21,22). The van der Waals surface area contributed by atoms with Gasteiger partial charge >= 0.3 is 0 Å². The molecule has 0 spiro atoms. The van der Waals surface area contributed by atoms with Crippen molar-refractivity contribution in [3.8, 4) is 10.4 Å². The maximum atomic E-state index is 12.8. The molecule has 2 aromatic carbocycles. The van der Waals surface area contributed by atoms with Crippen LogP contribution in [0.3, 0.4) is 0 Å². The molecule has 0 bridgehead atoms. The summed E-state index contributed by atoms with van der Waals surface area (Å²) in [5.41, 5.74) is 1.66. The van der Waals surface area contributed by atoms with Gasteiger partial charge in [0.1, 0.15) is 5.82 Å². The molecule has 2 nitrogen and oxygen atoms in total. The van der Waals surface area contributed by atoms with Crippen LogP contribution in [0.25, 0.3) is 10.4 Å². The van der Waals surface area contributed by atoms with E-state index in [9.17, 15) is 9.18 Å². The lowest BCUT2D eigenvalue weighted by molar-refractivity contribution is -0.115. The summed E-state index contributed by atoms with van der Waals surface area (Å²) in [6.07, 6.45) is 0.287. The molecule has 0 aliphatic rings. The van der Waals surface area contributed by atoms with Crippen LogP contribution < -0.4 is 5.32 Å². The zero-order valence-corrected chi connectivity index (χ0v) is 13.6. The number of rotatable bonds is 4. The molecule has 116 valence electrons. The van der Waals surface area contributed by atoms with E-state index in [0.29, 0.717) is 10.7 Å². The largest absolute Gasteiger partial charge is 0.326 e. The molecule has 1 aromatic heterocycles. The van der Waals surface area contributed by atoms with Crippen molar-refractivity contribution < 1.29 is 9.18 Å². The van der Waals surface area contributed by atoms with Gasteiger partial charge in [0.05, 0.1) is 6.42 Å². The summed E-state index contributed by atoms with van der Waals surface area (Å²) in [5.74, 6) is -0.449. The highest BCUT2D eigenvalue weighted by Gasteiger charge is 2.08. The highest BCUT2D eigenvalue weighted by molar-refractivity contribution is 7.15. The molecule has 1 N–H and O–H groups in total. The maximum absolute atomic E-state index is 12.8. The molecule has 0 saturated carbocycles. The second-order valence-electron chi connectivity index (χ2n) is 5.00. The topological polar surface area (TPSA) is 29.1 Å². The lowest BCUT2D eigenvalue weighted by Crippen LogP contribution is -2.13. The molecule has 3 rings (SSSR count). The fourth-order valence-corrected chi connectivity index (χ4v) is 3.28. The van der Waals surface area contributed by atoms with Gasteiger partial charge in [-0.15, -0.1) is 11.3 Å². The van der Waals surface area contributed by atoms with Crippen molar-refractivity contribution in [3.63, 3.8) is 0 Å². The minimum Gasteiger partial charge on any atom is -0.326 e. The van der Waals surface area contributed by atoms with Crippen LogP contribution in [-0.2, 0) is 11.2 Å². The van der Waals surface area contributed by atoms with E-state index in [1.54, 1.807) is 23.5 Å². The molecule has 0 aliphatic heterocycles. The van der Waals surface area contributed by atoms with Gasteiger partial charge in [-0.05, 0) is 54.1 Å². The van der Waals surface area contributed by atoms with Gasteiger partial charge in [-0.25, -0.2) is 4.39 Å². The van der Waals surface area contributed by atoms with Crippen molar-refractivity contribution in [3.05, 3.63) is 76.4 Å². The fourth-order valence-electron chi connectivity index (χ4n) is 2.14. The predicted octanol–water partition coefficient (Wildman–Crippen LogP) is 5.39. The summed E-state index contributed by atoms with van der Waals surface area (Å²) in [6, 6.07) is 17.3. The van der Waals surface area contributed by atoms with E-state index in [4.69, 9.17) is 11.6 Å². The number of hydrogen-bond donors (Lipinski definition) is 1. The predicted molar refractivity (Wildman–Crippen MR) is 93.5 cm³/mol. The van der Waals surface area contributed by atoms with Crippen LogP contribution in [-0.4, -0.2) is 5.91 Å². The third kappa shape index (κ3) is 4.18. The highest BCUT2D eigenvalue weighted by Crippen LogP contribution is 2.29. The van der Waals surface area contributed by atoms with Gasteiger partial charge in [-0.2, -0.15) is 0 Å². The second-order valence-corrected chi connectivity index (χ2v) is 6.61. The molecule has 1 amide bonds. The monoisotopic (exact) mass is 345 g/mol. The molecule has 0 saturated heterocycles. The summed E-state index contributed by atoms with van der Waals surface area (Å²) >= 11 is 7.46. The molecule has 0 aliphatic carbocycles. The van der Waals surface area contributed by atoms with Crippen LogP contribution in [0.4, 0.5) is 10.1 Å². The first-order chi connectivity index (χ1) is 11.1. The van der Waals surface area contributed by atoms with Crippen molar-refractivity contribution in [1.82, 2.24) is 0 Å². The smallest absolute Gasteiger partial charge is 0.229 e. The molecule has 5 heteroatoms. The van der Waals surface area contributed by atoms with Crippen molar-refractivity contribution >= 4 is 34.5 Å². The second kappa shape index (κ2) is 6.94. The number of halogens is 2. The Morgan fingerprint density at radius 3 is 2.39 bits per heavy atom. The Kier molecular flexibility index (Phi) is 4.74. The van der Waals surface area contributed by atoms with E-state index < -0.39 is 0 Å². The number of nitrogens with one attached hydrogen (secondary N) is 1. The molecular weight excluding hydrogens is 333 g/mol. The number of anilines is 1. The highest BCUT2D eigenvalue weighted by atomic mass is 35.5. The number of benzene rings is 2. The van der Waals surface area contributed by atoms with E-state index in [-0.39, 0.29) is 18.1 Å². The van der Waals surface area contributed by atoms with E-state index in [0.717, 1.165) is 15.3 Å². The summed E-state index contributed by atoms with van der Waals surface area (Å²) < 4.78 is 12.8. The Morgan fingerprint density at radius 1 is 1.00 bits per heavy atom. The lowest BCUT2D eigenvalue weighted by Gasteiger charge is -2.03. The lowest BCUT2D eigenvalue weighted by atomic mass is 10.2. The normalized spacial score (nSPS) is 10.5. The van der Waals surface area contributed by atoms with Gasteiger partial charge < -0.3 is 5.32 Å². The zero-order chi connectivity index (χ0) is 16.2. The van der Waals surface area contributed by atoms with Crippen LogP contribution in [0.15, 0.2) is 60.7 Å². The Labute approximate surface area is 142 Å².